The van der Waals surface area contributed by atoms with Crippen molar-refractivity contribution in [3.8, 4) is 17.2 Å². The van der Waals surface area contributed by atoms with Gasteiger partial charge >= 0.3 is 5.97 Å². The van der Waals surface area contributed by atoms with Gasteiger partial charge in [0.1, 0.15) is 11.5 Å². The third kappa shape index (κ3) is 5.11. The molecule has 216 valence electrons. The predicted molar refractivity (Wildman–Crippen MR) is 144 cm³/mol. The van der Waals surface area contributed by atoms with Crippen LogP contribution < -0.4 is 14.2 Å². The minimum atomic E-state index is -0.968. The molecule has 0 radical (unpaired) electrons. The average molecular weight is 558 g/mol. The minimum Gasteiger partial charge on any atom is -0.507 e. The number of hydrogen-bond acceptors (Lipinski definition) is 10. The van der Waals surface area contributed by atoms with Crippen molar-refractivity contribution < 1.29 is 43.2 Å². The molecule has 2 saturated heterocycles. The number of aryl methyl sites for hydroxylation is 1. The van der Waals surface area contributed by atoms with E-state index in [1.165, 1.54) is 33.3 Å². The maximum Gasteiger partial charge on any atom is 0.354 e. The van der Waals surface area contributed by atoms with E-state index in [1.807, 2.05) is 0 Å². The summed E-state index contributed by atoms with van der Waals surface area (Å²) in [6.07, 6.45) is 0. The molecule has 3 heterocycles. The van der Waals surface area contributed by atoms with Crippen LogP contribution in [0.1, 0.15) is 38.9 Å². The van der Waals surface area contributed by atoms with Crippen LogP contribution in [-0.2, 0) is 19.1 Å². The highest BCUT2D eigenvalue weighted by Gasteiger charge is 2.47. The molecule has 1 aromatic carbocycles. The smallest absolute Gasteiger partial charge is 0.354 e. The maximum absolute atomic E-state index is 13.6. The maximum atomic E-state index is 13.6. The van der Waals surface area contributed by atoms with E-state index in [1.54, 1.807) is 26.0 Å². The molecular weight excluding hydrogens is 522 g/mol. The lowest BCUT2D eigenvalue weighted by Crippen LogP contribution is -2.42. The van der Waals surface area contributed by atoms with E-state index < -0.39 is 29.5 Å². The number of hydrogen-bond donors (Lipinski definition) is 2. The van der Waals surface area contributed by atoms with Gasteiger partial charge in [0.05, 0.1) is 53.3 Å². The number of morpholine rings is 1. The van der Waals surface area contributed by atoms with Crippen molar-refractivity contribution in [3.63, 3.8) is 0 Å². The summed E-state index contributed by atoms with van der Waals surface area (Å²) in [5.41, 5.74) is 1.61. The van der Waals surface area contributed by atoms with Gasteiger partial charge in [0.25, 0.3) is 11.7 Å². The zero-order valence-corrected chi connectivity index (χ0v) is 23.6. The van der Waals surface area contributed by atoms with Gasteiger partial charge in [0.15, 0.2) is 11.5 Å². The quantitative estimate of drug-likeness (QED) is 0.204. The Kier molecular flexibility index (Phi) is 8.70. The highest BCUT2D eigenvalue weighted by atomic mass is 16.5. The number of ketones is 1. The number of aromatic nitrogens is 1. The molecule has 0 unspecified atom stereocenters. The molecule has 12 nitrogen and oxygen atoms in total. The summed E-state index contributed by atoms with van der Waals surface area (Å²) < 4.78 is 26.8. The number of Topliss-reactive ketones (excluding diaryl/α,β-unsaturated/α-hetero) is 1. The van der Waals surface area contributed by atoms with Gasteiger partial charge in [-0.25, -0.2) is 4.79 Å². The standard InChI is InChI=1S/C28H35N3O9/c1-15-20(16(2)29-22(15)28(35)39-6)24(32)21-23(17-13-18(36-3)26(38-5)19(14-17)37-4)31(27(34)25(21)33)8-7-30-9-11-40-12-10-30/h13-14,23,29,32H,7-12H2,1-6H3/t23-/m0/s1. The second kappa shape index (κ2) is 12.0. The first-order valence-electron chi connectivity index (χ1n) is 12.8. The Balaban J connectivity index is 1.90. The van der Waals surface area contributed by atoms with Gasteiger partial charge in [0, 0.05) is 37.4 Å². The monoisotopic (exact) mass is 557 g/mol. The van der Waals surface area contributed by atoms with E-state index in [2.05, 4.69) is 9.88 Å². The van der Waals surface area contributed by atoms with E-state index in [4.69, 9.17) is 23.7 Å². The van der Waals surface area contributed by atoms with Crippen LogP contribution in [0.5, 0.6) is 17.2 Å². The van der Waals surface area contributed by atoms with Gasteiger partial charge in [0.2, 0.25) is 5.75 Å². The Morgan fingerprint density at radius 1 is 1.02 bits per heavy atom. The fourth-order valence-electron chi connectivity index (χ4n) is 5.34. The predicted octanol–water partition coefficient (Wildman–Crippen LogP) is 2.20. The van der Waals surface area contributed by atoms with Gasteiger partial charge in [-0.3, -0.25) is 14.5 Å². The summed E-state index contributed by atoms with van der Waals surface area (Å²) in [6, 6.07) is 2.35. The third-order valence-corrected chi connectivity index (χ3v) is 7.37. The van der Waals surface area contributed by atoms with Gasteiger partial charge in [-0.2, -0.15) is 0 Å². The molecule has 0 saturated carbocycles. The van der Waals surface area contributed by atoms with Crippen molar-refractivity contribution >= 4 is 23.4 Å². The Morgan fingerprint density at radius 2 is 1.65 bits per heavy atom. The Hall–Kier alpha value is -4.03. The molecule has 2 aromatic rings. The number of esters is 1. The number of aliphatic hydroxyl groups is 1. The van der Waals surface area contributed by atoms with E-state index in [0.717, 1.165) is 0 Å². The van der Waals surface area contributed by atoms with Gasteiger partial charge in [-0.1, -0.05) is 0 Å². The molecule has 0 spiro atoms. The number of aliphatic hydroxyl groups excluding tert-OH is 1. The first-order valence-corrected chi connectivity index (χ1v) is 12.8. The van der Waals surface area contributed by atoms with Gasteiger partial charge < -0.3 is 38.7 Å². The highest BCUT2D eigenvalue weighted by molar-refractivity contribution is 6.46. The van der Waals surface area contributed by atoms with Crippen molar-refractivity contribution in [1.29, 1.82) is 0 Å². The van der Waals surface area contributed by atoms with Crippen molar-refractivity contribution in [1.82, 2.24) is 14.8 Å². The number of amides is 1. The summed E-state index contributed by atoms with van der Waals surface area (Å²) in [5, 5.41) is 11.7. The second-order valence-corrected chi connectivity index (χ2v) is 9.52. The summed E-state index contributed by atoms with van der Waals surface area (Å²) in [5.74, 6) is -1.58. The summed E-state index contributed by atoms with van der Waals surface area (Å²) in [6.45, 7) is 6.61. The normalized spacial score (nSPS) is 19.1. The molecule has 2 N–H and O–H groups in total. The van der Waals surface area contributed by atoms with Crippen molar-refractivity contribution in [3.05, 3.63) is 45.8 Å². The van der Waals surface area contributed by atoms with Crippen molar-refractivity contribution in [2.75, 3.05) is 67.8 Å². The van der Waals surface area contributed by atoms with E-state index in [0.29, 0.717) is 66.9 Å². The first kappa shape index (κ1) is 29.0. The van der Waals surface area contributed by atoms with Crippen LogP contribution in [0.2, 0.25) is 0 Å². The molecule has 2 aliphatic rings. The number of H-pyrrole nitrogens is 1. The van der Waals surface area contributed by atoms with Crippen molar-refractivity contribution in [2.24, 2.45) is 0 Å². The van der Waals surface area contributed by atoms with E-state index >= 15 is 0 Å². The largest absolute Gasteiger partial charge is 0.507 e. The number of aromatic amines is 1. The first-order chi connectivity index (χ1) is 19.2. The van der Waals surface area contributed by atoms with Crippen LogP contribution in [0.15, 0.2) is 17.7 Å². The lowest BCUT2D eigenvalue weighted by molar-refractivity contribution is -0.140. The lowest BCUT2D eigenvalue weighted by Gasteiger charge is -2.31. The van der Waals surface area contributed by atoms with Crippen LogP contribution in [0.3, 0.4) is 0 Å². The lowest BCUT2D eigenvalue weighted by atomic mass is 9.93. The number of carbonyl (C=O) groups excluding carboxylic acids is 3. The fraction of sp³-hybridized carbons (Fsp3) is 0.464. The number of benzene rings is 1. The number of methoxy groups -OCH3 is 4. The Bertz CT molecular complexity index is 1320. The van der Waals surface area contributed by atoms with Crippen LogP contribution in [0.25, 0.3) is 5.76 Å². The number of ether oxygens (including phenoxy) is 5. The number of rotatable bonds is 9. The third-order valence-electron chi connectivity index (χ3n) is 7.37. The number of likely N-dealkylation sites (tertiary alicyclic amines) is 1. The summed E-state index contributed by atoms with van der Waals surface area (Å²) >= 11 is 0. The number of nitrogens with one attached hydrogen (secondary N) is 1. The molecule has 4 rings (SSSR count). The minimum absolute atomic E-state index is 0.108. The molecule has 1 atom stereocenters. The van der Waals surface area contributed by atoms with Crippen molar-refractivity contribution in [2.45, 2.75) is 19.9 Å². The summed E-state index contributed by atoms with van der Waals surface area (Å²) in [7, 11) is 5.67. The number of carbonyl (C=O) groups is 3. The Morgan fingerprint density at radius 3 is 2.20 bits per heavy atom. The van der Waals surface area contributed by atoms with Gasteiger partial charge in [-0.05, 0) is 37.1 Å². The second-order valence-electron chi connectivity index (χ2n) is 9.52. The molecule has 40 heavy (non-hydrogen) atoms. The van der Waals surface area contributed by atoms with Crippen LogP contribution in [-0.4, -0.2) is 105 Å². The summed E-state index contributed by atoms with van der Waals surface area (Å²) in [4.78, 5) is 45.9. The molecule has 1 aromatic heterocycles. The molecule has 2 fully saturated rings. The molecule has 0 bridgehead atoms. The van der Waals surface area contributed by atoms with Crippen LogP contribution >= 0.6 is 0 Å². The fourth-order valence-corrected chi connectivity index (χ4v) is 5.34. The molecule has 12 heteroatoms. The number of nitrogens with zero attached hydrogens (tertiary/aromatic N) is 2. The zero-order chi connectivity index (χ0) is 29.1. The Labute approximate surface area is 232 Å². The van der Waals surface area contributed by atoms with E-state index in [9.17, 15) is 19.5 Å². The molecule has 1 amide bonds. The zero-order valence-electron chi connectivity index (χ0n) is 23.6. The average Bonchev–Trinajstić information content (AvgIpc) is 3.41. The van der Waals surface area contributed by atoms with E-state index in [-0.39, 0.29) is 23.4 Å². The SMILES string of the molecule is COC(=O)c1[nH]c(C)c(C(O)=C2C(=O)C(=O)N(CCN3CCOCC3)[C@H]2c2cc(OC)c(OC)c(OC)c2)c1C. The van der Waals surface area contributed by atoms with Crippen LogP contribution in [0.4, 0.5) is 0 Å². The van der Waals surface area contributed by atoms with Crippen LogP contribution in [0, 0.1) is 13.8 Å². The molecule has 0 aliphatic carbocycles. The molecule has 2 aliphatic heterocycles. The van der Waals surface area contributed by atoms with Gasteiger partial charge in [-0.15, -0.1) is 0 Å². The highest BCUT2D eigenvalue weighted by Crippen LogP contribution is 2.46. The topological polar surface area (TPSA) is 140 Å². The molecular formula is C28H35N3O9.